The molecule has 6 heteroatoms. The summed E-state index contributed by atoms with van der Waals surface area (Å²) in [4.78, 5) is 24.5. The molecule has 0 fully saturated rings. The van der Waals surface area contributed by atoms with Gasteiger partial charge >= 0.3 is 0 Å². The average Bonchev–Trinajstić information content (AvgIpc) is 2.49. The zero-order valence-corrected chi connectivity index (χ0v) is 11.0. The largest absolute Gasteiger partial charge is 0.334 e. The molecule has 2 aromatic rings. The summed E-state index contributed by atoms with van der Waals surface area (Å²) in [6.07, 6.45) is 0.601. The van der Waals surface area contributed by atoms with Gasteiger partial charge in [0.2, 0.25) is 0 Å². The fourth-order valence-electron chi connectivity index (χ4n) is 3.06. The molecule has 6 nitrogen and oxygen atoms in total. The van der Waals surface area contributed by atoms with Crippen molar-refractivity contribution in [3.8, 4) is 0 Å². The number of nitrogens with one attached hydrogen (secondary N) is 1. The van der Waals surface area contributed by atoms with Crippen LogP contribution in [0.5, 0.6) is 0 Å². The lowest BCUT2D eigenvalue weighted by atomic mass is 9.92. The van der Waals surface area contributed by atoms with Crippen molar-refractivity contribution >= 4 is 23.0 Å². The van der Waals surface area contributed by atoms with Gasteiger partial charge in [-0.25, -0.2) is 0 Å². The zero-order valence-electron chi connectivity index (χ0n) is 11.0. The van der Waals surface area contributed by atoms with Crippen LogP contribution in [0.15, 0.2) is 36.4 Å². The second-order valence-corrected chi connectivity index (χ2v) is 5.15. The van der Waals surface area contributed by atoms with Gasteiger partial charge in [0.05, 0.1) is 22.8 Å². The number of hydrogen-bond acceptors (Lipinski definition) is 4. The highest BCUT2D eigenvalue weighted by Crippen LogP contribution is 2.42. The van der Waals surface area contributed by atoms with Crippen LogP contribution in [0.25, 0.3) is 0 Å². The van der Waals surface area contributed by atoms with Crippen molar-refractivity contribution in [1.29, 1.82) is 0 Å². The molecule has 2 heterocycles. The van der Waals surface area contributed by atoms with Gasteiger partial charge in [0.1, 0.15) is 0 Å². The lowest BCUT2D eigenvalue weighted by molar-refractivity contribution is -0.384. The van der Waals surface area contributed by atoms with Gasteiger partial charge in [0, 0.05) is 24.2 Å². The van der Waals surface area contributed by atoms with Crippen LogP contribution in [0.1, 0.15) is 21.5 Å². The van der Waals surface area contributed by atoms with E-state index in [-0.39, 0.29) is 16.5 Å². The van der Waals surface area contributed by atoms with Crippen molar-refractivity contribution < 1.29 is 9.72 Å². The number of fused-ring (bicyclic) bond motifs is 2. The fraction of sp³-hybridized carbons (Fsp3) is 0.133. The van der Waals surface area contributed by atoms with Crippen molar-refractivity contribution in [3.63, 3.8) is 0 Å². The molecule has 0 atom stereocenters. The number of hydrogen-bond donors (Lipinski definition) is 1. The fourth-order valence-corrected chi connectivity index (χ4v) is 3.06. The van der Waals surface area contributed by atoms with Gasteiger partial charge in [-0.1, -0.05) is 12.1 Å². The van der Waals surface area contributed by atoms with Gasteiger partial charge in [0.15, 0.2) is 0 Å². The van der Waals surface area contributed by atoms with Crippen LogP contribution in [0.4, 0.5) is 17.1 Å². The van der Waals surface area contributed by atoms with E-state index in [1.54, 1.807) is 18.2 Å². The summed E-state index contributed by atoms with van der Waals surface area (Å²) in [5.41, 5.74) is 4.51. The highest BCUT2D eigenvalue weighted by molar-refractivity contribution is 6.04. The van der Waals surface area contributed by atoms with E-state index in [4.69, 9.17) is 0 Å². The van der Waals surface area contributed by atoms with Crippen LogP contribution in [0.3, 0.4) is 0 Å². The monoisotopic (exact) mass is 281 g/mol. The van der Waals surface area contributed by atoms with E-state index < -0.39 is 0 Å². The summed E-state index contributed by atoms with van der Waals surface area (Å²) in [6, 6.07) is 10.5. The topological polar surface area (TPSA) is 75.5 Å². The summed E-state index contributed by atoms with van der Waals surface area (Å²) >= 11 is 0. The Kier molecular flexibility index (Phi) is 2.29. The number of rotatable bonds is 1. The number of nitro groups is 1. The lowest BCUT2D eigenvalue weighted by Gasteiger charge is -2.37. The lowest BCUT2D eigenvalue weighted by Crippen LogP contribution is -2.42. The molecule has 4 rings (SSSR count). The van der Waals surface area contributed by atoms with E-state index in [1.807, 2.05) is 17.0 Å². The highest BCUT2D eigenvalue weighted by atomic mass is 16.6. The molecule has 1 N–H and O–H groups in total. The number of non-ortho nitro benzene ring substituents is 1. The smallest absolute Gasteiger partial charge is 0.269 e. The first kappa shape index (κ1) is 11.9. The molecular formula is C15H11N3O3. The van der Waals surface area contributed by atoms with Crippen LogP contribution < -0.4 is 10.2 Å². The van der Waals surface area contributed by atoms with Gasteiger partial charge in [0.25, 0.3) is 11.6 Å². The van der Waals surface area contributed by atoms with Crippen molar-refractivity contribution in [2.45, 2.75) is 6.42 Å². The molecule has 1 amide bonds. The number of carbonyl (C=O) groups excluding carboxylic acids is 1. The number of nitro benzene ring substituents is 1. The Balaban J connectivity index is 1.92. The Labute approximate surface area is 120 Å². The Morgan fingerprint density at radius 3 is 2.86 bits per heavy atom. The maximum atomic E-state index is 12.0. The molecule has 2 aromatic carbocycles. The number of anilines is 2. The van der Waals surface area contributed by atoms with Gasteiger partial charge < -0.3 is 10.2 Å². The molecular weight excluding hydrogens is 270 g/mol. The normalized spacial score (nSPS) is 15.0. The maximum absolute atomic E-state index is 12.0. The summed E-state index contributed by atoms with van der Waals surface area (Å²) in [6.45, 7) is 0.383. The number of carbonyl (C=O) groups is 1. The molecule has 0 bridgehead atoms. The second-order valence-electron chi connectivity index (χ2n) is 5.15. The number of para-hydroxylation sites is 1. The third-order valence-corrected chi connectivity index (χ3v) is 3.98. The van der Waals surface area contributed by atoms with E-state index in [1.165, 1.54) is 6.07 Å². The van der Waals surface area contributed by atoms with Gasteiger partial charge in [-0.05, 0) is 23.3 Å². The molecule has 0 radical (unpaired) electrons. The molecule has 0 saturated heterocycles. The number of amides is 1. The molecule has 0 unspecified atom stereocenters. The van der Waals surface area contributed by atoms with E-state index in [9.17, 15) is 14.9 Å². The van der Waals surface area contributed by atoms with Gasteiger partial charge in [-0.3, -0.25) is 14.9 Å². The molecule has 0 aliphatic carbocycles. The third-order valence-electron chi connectivity index (χ3n) is 3.98. The van der Waals surface area contributed by atoms with E-state index >= 15 is 0 Å². The second kappa shape index (κ2) is 4.05. The minimum Gasteiger partial charge on any atom is -0.334 e. The number of nitrogens with zero attached hydrogens (tertiary/aromatic N) is 2. The quantitative estimate of drug-likeness (QED) is 0.643. The van der Waals surface area contributed by atoms with Crippen molar-refractivity contribution in [3.05, 3.63) is 63.2 Å². The Bertz CT molecular complexity index is 801. The van der Waals surface area contributed by atoms with Crippen LogP contribution in [0, 0.1) is 10.1 Å². The third kappa shape index (κ3) is 1.62. The SMILES string of the molecule is O=C1NCN2c3ccc([N+](=O)[O-])cc3Cc3cccc1c32. The first-order valence-electron chi connectivity index (χ1n) is 6.60. The van der Waals surface area contributed by atoms with Crippen LogP contribution in [-0.2, 0) is 6.42 Å². The summed E-state index contributed by atoms with van der Waals surface area (Å²) in [5, 5.41) is 13.8. The maximum Gasteiger partial charge on any atom is 0.269 e. The molecule has 2 aliphatic rings. The minimum absolute atomic E-state index is 0.0755. The Morgan fingerprint density at radius 2 is 2.05 bits per heavy atom. The highest BCUT2D eigenvalue weighted by Gasteiger charge is 2.31. The first-order chi connectivity index (χ1) is 10.1. The van der Waals surface area contributed by atoms with E-state index in [2.05, 4.69) is 5.32 Å². The Morgan fingerprint density at radius 1 is 1.19 bits per heavy atom. The first-order valence-corrected chi connectivity index (χ1v) is 6.60. The molecule has 0 spiro atoms. The van der Waals surface area contributed by atoms with Crippen LogP contribution >= 0.6 is 0 Å². The van der Waals surface area contributed by atoms with Crippen molar-refractivity contribution in [1.82, 2.24) is 5.32 Å². The number of benzene rings is 2. The van der Waals surface area contributed by atoms with Crippen LogP contribution in [0.2, 0.25) is 0 Å². The molecule has 104 valence electrons. The van der Waals surface area contributed by atoms with E-state index in [0.29, 0.717) is 18.7 Å². The standard InChI is InChI=1S/C15H11N3O3/c19-15-12-3-1-2-9-6-10-7-11(18(20)21)4-5-13(10)17(8-16-15)14(9)12/h1-5,7H,6,8H2,(H,16,19). The molecule has 21 heavy (non-hydrogen) atoms. The predicted octanol–water partition coefficient (Wildman–Crippen LogP) is 2.34. The minimum atomic E-state index is -0.385. The zero-order chi connectivity index (χ0) is 14.6. The molecule has 0 saturated carbocycles. The summed E-state index contributed by atoms with van der Waals surface area (Å²) in [7, 11) is 0. The van der Waals surface area contributed by atoms with Crippen molar-refractivity contribution in [2.75, 3.05) is 11.6 Å². The van der Waals surface area contributed by atoms with E-state index in [0.717, 1.165) is 22.5 Å². The van der Waals surface area contributed by atoms with Gasteiger partial charge in [-0.15, -0.1) is 0 Å². The summed E-state index contributed by atoms with van der Waals surface area (Å²) in [5.74, 6) is -0.0755. The average molecular weight is 281 g/mol. The van der Waals surface area contributed by atoms with Crippen LogP contribution in [-0.4, -0.2) is 17.5 Å². The Hall–Kier alpha value is -2.89. The summed E-state index contributed by atoms with van der Waals surface area (Å²) < 4.78 is 0. The van der Waals surface area contributed by atoms with Gasteiger partial charge in [-0.2, -0.15) is 0 Å². The van der Waals surface area contributed by atoms with Crippen molar-refractivity contribution in [2.24, 2.45) is 0 Å². The molecule has 0 aromatic heterocycles. The predicted molar refractivity (Wildman–Crippen MR) is 76.8 cm³/mol. The molecule has 2 aliphatic heterocycles.